The van der Waals surface area contributed by atoms with Crippen LogP contribution in [0.2, 0.25) is 0 Å². The highest BCUT2D eigenvalue weighted by Gasteiger charge is 2.19. The Balaban J connectivity index is 0.000000169. The lowest BCUT2D eigenvalue weighted by Gasteiger charge is -2.15. The topological polar surface area (TPSA) is 15.5 Å². The molecule has 2 unspecified atom stereocenters. The normalized spacial score (nSPS) is 15.6. The first-order chi connectivity index (χ1) is 50.8. The molecular formula is C88H96N4+4. The lowest BCUT2D eigenvalue weighted by molar-refractivity contribution is -0.660. The Morgan fingerprint density at radius 3 is 1.12 bits per heavy atom. The van der Waals surface area contributed by atoms with Crippen molar-refractivity contribution in [3.8, 4) is 89.5 Å². The lowest BCUT2D eigenvalue weighted by Crippen LogP contribution is -2.30. The molecule has 4 heterocycles. The van der Waals surface area contributed by atoms with E-state index in [2.05, 4.69) is 126 Å². The second-order valence-electron chi connectivity index (χ2n) is 23.9. The molecule has 12 rings (SSSR count). The number of hydrogen-bond donors (Lipinski definition) is 0. The van der Waals surface area contributed by atoms with Gasteiger partial charge in [0, 0.05) is 93.1 Å². The van der Waals surface area contributed by atoms with Gasteiger partial charge in [-0.25, -0.2) is 18.3 Å². The zero-order valence-electron chi connectivity index (χ0n) is 72.2. The predicted octanol–water partition coefficient (Wildman–Crippen LogP) is 20.7. The molecule has 0 radical (unpaired) electrons. The molecule has 0 N–H and O–H groups in total. The van der Waals surface area contributed by atoms with Crippen LogP contribution in [-0.2, 0) is 34.6 Å². The molecule has 4 nitrogen and oxygen atoms in total. The Labute approximate surface area is 575 Å². The molecule has 8 aromatic carbocycles. The van der Waals surface area contributed by atoms with E-state index in [1.54, 1.807) is 24.3 Å². The van der Waals surface area contributed by atoms with Gasteiger partial charge in [-0.1, -0.05) is 192 Å². The van der Waals surface area contributed by atoms with Gasteiger partial charge in [0.05, 0.1) is 0 Å². The number of benzene rings is 8. The Morgan fingerprint density at radius 2 is 0.728 bits per heavy atom. The van der Waals surface area contributed by atoms with Crippen LogP contribution in [0.15, 0.2) is 249 Å². The highest BCUT2D eigenvalue weighted by atomic mass is 14.9. The van der Waals surface area contributed by atoms with Crippen LogP contribution in [0.25, 0.3) is 89.5 Å². The lowest BCUT2D eigenvalue weighted by atomic mass is 9.90. The zero-order valence-corrected chi connectivity index (χ0v) is 55.2. The third-order valence-corrected chi connectivity index (χ3v) is 17.1. The highest BCUT2D eigenvalue weighted by Crippen LogP contribution is 2.33. The summed E-state index contributed by atoms with van der Waals surface area (Å²) in [5.41, 5.74) is 25.1. The van der Waals surface area contributed by atoms with Gasteiger partial charge in [0.2, 0.25) is 22.8 Å². The molecule has 0 aliphatic carbocycles. The quantitative estimate of drug-likeness (QED) is 0.115. The maximum absolute atomic E-state index is 8.61. The largest absolute Gasteiger partial charge is 0.213 e. The predicted molar refractivity (Wildman–Crippen MR) is 389 cm³/mol. The average molecular weight is 1230 g/mol. The van der Waals surface area contributed by atoms with Crippen molar-refractivity contribution in [1.29, 1.82) is 0 Å². The summed E-state index contributed by atoms with van der Waals surface area (Å²) in [5.74, 6) is -3.97. The number of pyridine rings is 4. The third-order valence-electron chi connectivity index (χ3n) is 17.1. The van der Waals surface area contributed by atoms with Crippen LogP contribution in [-0.4, -0.2) is 0 Å². The SMILES string of the molecule is [2H]C([2H])([2H])C([2H])(C)c1cc(-c2cc[n+](C)c(-c3ccccc3C)c2)cc(C([2H])(C)C([2H])([2H])[2H])c1.[2H]C([2H])([2H])Cc1ccc(-c2ccc(-c3ccccc3C)[n+](C)c2)cc1.[2H]C([2H])([2H])c1cc(-c2cc[n+](C)c(-c3ccccc3C)c2)cc(C)c1C.[2H]C([2H])([2H])c1ccc(-c2ccc(-c3ccccc3C)[n+](C)c2)cc1. The molecule has 0 saturated carbocycles. The van der Waals surface area contributed by atoms with E-state index >= 15 is 0 Å². The van der Waals surface area contributed by atoms with Crippen molar-refractivity contribution in [2.45, 2.75) is 108 Å². The van der Waals surface area contributed by atoms with E-state index in [0.717, 1.165) is 83.8 Å². The molecular weight excluding hydrogens is 1110 g/mol. The summed E-state index contributed by atoms with van der Waals surface area (Å²) < 4.78 is 141. The summed E-state index contributed by atoms with van der Waals surface area (Å²) in [7, 11) is 8.04. The van der Waals surface area contributed by atoms with Crippen molar-refractivity contribution >= 4 is 0 Å². The molecule has 0 aliphatic heterocycles. The minimum atomic E-state index is -2.64. The molecule has 0 amide bonds. The van der Waals surface area contributed by atoms with Crippen LogP contribution in [0.1, 0.15) is 131 Å². The van der Waals surface area contributed by atoms with E-state index in [1.807, 2.05) is 181 Å². The first-order valence-electron chi connectivity index (χ1n) is 39.6. The maximum atomic E-state index is 8.61. The molecule has 12 aromatic rings. The standard InChI is InChI=1S/C25H30N.C22H24N.C21H22N.C20H20N/c1-17(2)21-13-22(18(3)4)15-23(14-21)20-11-12-26(6)25(16-20)24-10-8-7-9-19(24)5;1-15-8-6-7-9-21(15)22-14-19(10-11-23(22)5)20-12-16(2)18(4)17(3)13-20;1-4-17-9-11-18(12-10-17)19-13-14-21(22(3)15-19)20-8-6-5-7-16(20)2;1-15-8-10-17(11-9-15)18-12-13-20(21(3)14-18)19-7-5-4-6-16(19)2/h7-18H,1-6H3;6-14H,1-5H3;5-15H,4H2,1-3H3;4-14H,1-3H3/q4*+1/i1D3,3D3,17D,18D;2D3;2*1D3. The van der Waals surface area contributed by atoms with Gasteiger partial charge in [-0.15, -0.1) is 0 Å². The highest BCUT2D eigenvalue weighted by molar-refractivity contribution is 5.74. The first-order valence-corrected chi connectivity index (χ1v) is 31.1. The molecule has 0 aliphatic rings. The van der Waals surface area contributed by atoms with Gasteiger partial charge in [0.1, 0.15) is 28.2 Å². The van der Waals surface area contributed by atoms with Gasteiger partial charge in [-0.2, -0.15) is 0 Å². The zero-order chi connectivity index (χ0) is 80.1. The van der Waals surface area contributed by atoms with E-state index in [1.165, 1.54) is 59.0 Å². The van der Waals surface area contributed by atoms with Crippen molar-refractivity contribution in [1.82, 2.24) is 0 Å². The van der Waals surface area contributed by atoms with Crippen molar-refractivity contribution in [2.75, 3.05) is 0 Å². The van der Waals surface area contributed by atoms with E-state index in [9.17, 15) is 0 Å². The van der Waals surface area contributed by atoms with Crippen LogP contribution in [0, 0.1) is 55.2 Å². The van der Waals surface area contributed by atoms with E-state index in [0.29, 0.717) is 16.7 Å². The van der Waals surface area contributed by atoms with Gasteiger partial charge in [-0.05, 0) is 199 Å². The number of rotatable bonds is 11. The summed E-state index contributed by atoms with van der Waals surface area (Å²) >= 11 is 0. The Bertz CT molecular complexity index is 5180. The summed E-state index contributed by atoms with van der Waals surface area (Å²) in [4.78, 5) is 0. The van der Waals surface area contributed by atoms with Crippen molar-refractivity contribution in [2.24, 2.45) is 28.2 Å². The van der Waals surface area contributed by atoms with Gasteiger partial charge in [0.15, 0.2) is 24.8 Å². The number of aromatic nitrogens is 4. The van der Waals surface area contributed by atoms with Gasteiger partial charge in [0.25, 0.3) is 0 Å². The van der Waals surface area contributed by atoms with Crippen LogP contribution in [0.4, 0.5) is 0 Å². The van der Waals surface area contributed by atoms with Gasteiger partial charge >= 0.3 is 0 Å². The molecule has 4 aromatic heterocycles. The van der Waals surface area contributed by atoms with Gasteiger partial charge in [-0.3, -0.25) is 0 Å². The van der Waals surface area contributed by atoms with Crippen LogP contribution >= 0.6 is 0 Å². The Morgan fingerprint density at radius 1 is 0.337 bits per heavy atom. The molecule has 0 fully saturated rings. The molecule has 0 spiro atoms. The summed E-state index contributed by atoms with van der Waals surface area (Å²) in [5, 5.41) is 0. The summed E-state index contributed by atoms with van der Waals surface area (Å²) in [6.45, 7) is 3.41. The monoisotopic (exact) mass is 1230 g/mol. The van der Waals surface area contributed by atoms with Crippen molar-refractivity contribution < 1.29 is 41.6 Å². The van der Waals surface area contributed by atoms with Crippen LogP contribution in [0.5, 0.6) is 0 Å². The van der Waals surface area contributed by atoms with Crippen LogP contribution < -0.4 is 18.3 Å². The summed E-state index contributed by atoms with van der Waals surface area (Å²) in [6, 6.07) is 72.7. The average Bonchev–Trinajstić information content (AvgIpc) is 0.755. The minimum Gasteiger partial charge on any atom is -0.201 e. The molecule has 92 heavy (non-hydrogen) atoms. The molecule has 0 bridgehead atoms. The van der Waals surface area contributed by atoms with Crippen molar-refractivity contribution in [3.63, 3.8) is 0 Å². The molecule has 4 heteroatoms. The van der Waals surface area contributed by atoms with E-state index < -0.39 is 46.0 Å². The van der Waals surface area contributed by atoms with E-state index in [-0.39, 0.29) is 17.5 Å². The fourth-order valence-electron chi connectivity index (χ4n) is 11.3. The van der Waals surface area contributed by atoms with Crippen LogP contribution in [0.3, 0.4) is 0 Å². The van der Waals surface area contributed by atoms with E-state index in [4.69, 9.17) is 23.3 Å². The smallest absolute Gasteiger partial charge is 0.201 e. The fourth-order valence-corrected chi connectivity index (χ4v) is 11.3. The third kappa shape index (κ3) is 16.3. The Hall–Kier alpha value is -9.64. The molecule has 0 saturated heterocycles. The fraction of sp³-hybridized carbons (Fsp3) is 0.227. The Kier molecular flexibility index (Phi) is 15.7. The minimum absolute atomic E-state index is 0.104. The first kappa shape index (κ1) is 47.3. The summed E-state index contributed by atoms with van der Waals surface area (Å²) in [6.07, 6.45) is 8.21. The second kappa shape index (κ2) is 30.4. The molecule has 464 valence electrons. The number of aryl methyl sites for hydroxylation is 12. The number of hydrogen-bond acceptors (Lipinski definition) is 0. The maximum Gasteiger partial charge on any atom is 0.213 e. The molecule has 2 atom stereocenters. The second-order valence-corrected chi connectivity index (χ2v) is 23.9. The van der Waals surface area contributed by atoms with Gasteiger partial charge < -0.3 is 0 Å². The van der Waals surface area contributed by atoms with Crippen molar-refractivity contribution in [3.05, 3.63) is 310 Å². The number of nitrogens with zero attached hydrogens (tertiary/aromatic N) is 4.